The van der Waals surface area contributed by atoms with Crippen molar-refractivity contribution in [2.45, 2.75) is 26.2 Å². The summed E-state index contributed by atoms with van der Waals surface area (Å²) in [7, 11) is 0. The Labute approximate surface area is 110 Å². The van der Waals surface area contributed by atoms with Gasteiger partial charge in [0.25, 0.3) is 5.69 Å². The molecule has 1 atom stereocenters. The summed E-state index contributed by atoms with van der Waals surface area (Å²) in [6.45, 7) is 4.74. The number of carbonyl (C=O) groups excluding carboxylic acids is 1. The van der Waals surface area contributed by atoms with E-state index in [4.69, 9.17) is 4.74 Å². The second-order valence-corrected chi connectivity index (χ2v) is 4.23. The molecule has 0 radical (unpaired) electrons. The van der Waals surface area contributed by atoms with Crippen molar-refractivity contribution in [1.82, 2.24) is 0 Å². The lowest BCUT2D eigenvalue weighted by atomic mass is 9.82. The molecule has 1 rings (SSSR count). The van der Waals surface area contributed by atoms with Gasteiger partial charge < -0.3 is 4.74 Å². The molecule has 0 spiro atoms. The number of esters is 1. The summed E-state index contributed by atoms with van der Waals surface area (Å²) in [5, 5.41) is 20.3. The minimum absolute atomic E-state index is 0.0454. The Hall–Kier alpha value is -2.42. The number of aryl methyl sites for hydroxylation is 1. The highest BCUT2D eigenvalue weighted by atomic mass is 16.6. The van der Waals surface area contributed by atoms with Crippen LogP contribution in [0.1, 0.15) is 25.0 Å². The predicted molar refractivity (Wildman–Crippen MR) is 67.4 cm³/mol. The van der Waals surface area contributed by atoms with Gasteiger partial charge in [0, 0.05) is 6.07 Å². The van der Waals surface area contributed by atoms with E-state index in [1.807, 2.05) is 6.07 Å². The van der Waals surface area contributed by atoms with Gasteiger partial charge >= 0.3 is 5.97 Å². The third kappa shape index (κ3) is 2.71. The summed E-state index contributed by atoms with van der Waals surface area (Å²) >= 11 is 0. The number of nitro groups is 1. The molecule has 0 fully saturated rings. The van der Waals surface area contributed by atoms with Gasteiger partial charge in [-0.15, -0.1) is 0 Å². The van der Waals surface area contributed by atoms with E-state index in [1.54, 1.807) is 19.9 Å². The number of rotatable bonds is 4. The van der Waals surface area contributed by atoms with Crippen LogP contribution in [0, 0.1) is 28.4 Å². The number of benzene rings is 1. The molecule has 0 aliphatic rings. The largest absolute Gasteiger partial charge is 0.465 e. The zero-order chi connectivity index (χ0) is 14.6. The van der Waals surface area contributed by atoms with E-state index < -0.39 is 16.3 Å². The van der Waals surface area contributed by atoms with Gasteiger partial charge in [-0.05, 0) is 32.4 Å². The molecule has 0 bridgehead atoms. The minimum atomic E-state index is -1.69. The van der Waals surface area contributed by atoms with Crippen LogP contribution in [-0.4, -0.2) is 17.5 Å². The normalized spacial score (nSPS) is 13.2. The first-order valence-electron chi connectivity index (χ1n) is 5.70. The van der Waals surface area contributed by atoms with Crippen molar-refractivity contribution in [3.05, 3.63) is 39.4 Å². The maximum Gasteiger partial charge on any atom is 0.331 e. The van der Waals surface area contributed by atoms with Crippen molar-refractivity contribution in [2.75, 3.05) is 6.61 Å². The molecule has 0 aromatic heterocycles. The van der Waals surface area contributed by atoms with E-state index in [9.17, 15) is 20.2 Å². The van der Waals surface area contributed by atoms with Crippen molar-refractivity contribution in [3.63, 3.8) is 0 Å². The van der Waals surface area contributed by atoms with Crippen LogP contribution in [0.4, 0.5) is 5.69 Å². The summed E-state index contributed by atoms with van der Waals surface area (Å²) in [6, 6.07) is 6.20. The fourth-order valence-electron chi connectivity index (χ4n) is 1.71. The second-order valence-electron chi connectivity index (χ2n) is 4.23. The van der Waals surface area contributed by atoms with E-state index >= 15 is 0 Å². The lowest BCUT2D eigenvalue weighted by molar-refractivity contribution is -0.385. The molecule has 1 aromatic rings. The van der Waals surface area contributed by atoms with Crippen molar-refractivity contribution >= 4 is 11.7 Å². The van der Waals surface area contributed by atoms with E-state index in [2.05, 4.69) is 0 Å². The maximum atomic E-state index is 11.9. The highest BCUT2D eigenvalue weighted by Crippen LogP contribution is 2.33. The number of nitriles is 1. The molecule has 100 valence electrons. The Bertz CT molecular complexity index is 562. The van der Waals surface area contributed by atoms with Gasteiger partial charge in [0.05, 0.1) is 23.2 Å². The monoisotopic (exact) mass is 262 g/mol. The van der Waals surface area contributed by atoms with Crippen LogP contribution in [0.3, 0.4) is 0 Å². The number of nitrogens with zero attached hydrogens (tertiary/aromatic N) is 2. The zero-order valence-corrected chi connectivity index (χ0v) is 11.0. The van der Waals surface area contributed by atoms with E-state index in [1.165, 1.54) is 19.1 Å². The van der Waals surface area contributed by atoms with Gasteiger partial charge in [-0.3, -0.25) is 10.1 Å². The Morgan fingerprint density at radius 3 is 2.68 bits per heavy atom. The molecular formula is C13H14N2O4. The Morgan fingerprint density at radius 2 is 2.21 bits per heavy atom. The third-order valence-electron chi connectivity index (χ3n) is 2.80. The molecule has 0 saturated carbocycles. The molecule has 0 aliphatic heterocycles. The number of nitro benzene ring substituents is 1. The first-order chi connectivity index (χ1) is 8.86. The van der Waals surface area contributed by atoms with Crippen LogP contribution >= 0.6 is 0 Å². The highest BCUT2D eigenvalue weighted by molar-refractivity contribution is 5.87. The minimum Gasteiger partial charge on any atom is -0.465 e. The van der Waals surface area contributed by atoms with Crippen molar-refractivity contribution < 1.29 is 14.5 Å². The molecule has 0 saturated heterocycles. The predicted octanol–water partition coefficient (Wildman–Crippen LogP) is 2.25. The number of hydrogen-bond donors (Lipinski definition) is 0. The second kappa shape index (κ2) is 5.48. The maximum absolute atomic E-state index is 11.9. The Kier molecular flexibility index (Phi) is 4.22. The van der Waals surface area contributed by atoms with Crippen LogP contribution in [0.5, 0.6) is 0 Å². The average Bonchev–Trinajstić information content (AvgIpc) is 2.37. The SMILES string of the molecule is CCOC(=O)C(C)(C#N)c1ccc(C)cc1[N+](=O)[O-]. The third-order valence-corrected chi connectivity index (χ3v) is 2.80. The van der Waals surface area contributed by atoms with E-state index in [0.717, 1.165) is 0 Å². The lowest BCUT2D eigenvalue weighted by Gasteiger charge is -2.19. The van der Waals surface area contributed by atoms with Crippen LogP contribution in [0.25, 0.3) is 0 Å². The number of carbonyl (C=O) groups is 1. The van der Waals surface area contributed by atoms with Crippen molar-refractivity contribution in [3.8, 4) is 6.07 Å². The summed E-state index contributed by atoms with van der Waals surface area (Å²) in [5.74, 6) is -0.788. The van der Waals surface area contributed by atoms with Gasteiger partial charge in [-0.1, -0.05) is 6.07 Å². The smallest absolute Gasteiger partial charge is 0.331 e. The number of hydrogen-bond acceptors (Lipinski definition) is 5. The molecule has 0 heterocycles. The topological polar surface area (TPSA) is 93.2 Å². The Morgan fingerprint density at radius 1 is 1.58 bits per heavy atom. The van der Waals surface area contributed by atoms with Gasteiger partial charge in [0.2, 0.25) is 0 Å². The summed E-state index contributed by atoms with van der Waals surface area (Å²) < 4.78 is 4.83. The summed E-state index contributed by atoms with van der Waals surface area (Å²) in [6.07, 6.45) is 0. The molecule has 6 nitrogen and oxygen atoms in total. The first kappa shape index (κ1) is 14.6. The van der Waals surface area contributed by atoms with Crippen LogP contribution < -0.4 is 0 Å². The van der Waals surface area contributed by atoms with Crippen LogP contribution in [-0.2, 0) is 14.9 Å². The molecule has 6 heteroatoms. The molecule has 0 aliphatic carbocycles. The molecule has 1 aromatic carbocycles. The fraction of sp³-hybridized carbons (Fsp3) is 0.385. The standard InChI is InChI=1S/C13H14N2O4/c1-4-19-12(16)13(3,8-14)10-6-5-9(2)7-11(10)15(17)18/h5-7H,4H2,1-3H3. The zero-order valence-electron chi connectivity index (χ0n) is 11.0. The molecule has 0 N–H and O–H groups in total. The Balaban J connectivity index is 3.46. The van der Waals surface area contributed by atoms with E-state index in [0.29, 0.717) is 5.56 Å². The van der Waals surface area contributed by atoms with Gasteiger partial charge in [0.1, 0.15) is 0 Å². The van der Waals surface area contributed by atoms with Crippen molar-refractivity contribution in [2.24, 2.45) is 0 Å². The first-order valence-corrected chi connectivity index (χ1v) is 5.70. The molecule has 19 heavy (non-hydrogen) atoms. The van der Waals surface area contributed by atoms with Crippen LogP contribution in [0.2, 0.25) is 0 Å². The van der Waals surface area contributed by atoms with E-state index in [-0.39, 0.29) is 17.9 Å². The fourth-order valence-corrected chi connectivity index (χ4v) is 1.71. The highest BCUT2D eigenvalue weighted by Gasteiger charge is 2.42. The van der Waals surface area contributed by atoms with Crippen molar-refractivity contribution in [1.29, 1.82) is 5.26 Å². The quantitative estimate of drug-likeness (QED) is 0.471. The lowest BCUT2D eigenvalue weighted by Crippen LogP contribution is -2.33. The average molecular weight is 262 g/mol. The van der Waals surface area contributed by atoms with Gasteiger partial charge in [0.15, 0.2) is 5.41 Å². The van der Waals surface area contributed by atoms with Gasteiger partial charge in [-0.25, -0.2) is 4.79 Å². The summed E-state index contributed by atoms with van der Waals surface area (Å²) in [5.41, 5.74) is -1.22. The molecule has 1 unspecified atom stereocenters. The number of ether oxygens (including phenoxy) is 1. The van der Waals surface area contributed by atoms with Crippen LogP contribution in [0.15, 0.2) is 18.2 Å². The molecular weight excluding hydrogens is 248 g/mol. The molecule has 0 amide bonds. The summed E-state index contributed by atoms with van der Waals surface area (Å²) in [4.78, 5) is 22.3. The van der Waals surface area contributed by atoms with Gasteiger partial charge in [-0.2, -0.15) is 5.26 Å².